The molecule has 1 aromatic carbocycles. The lowest BCUT2D eigenvalue weighted by molar-refractivity contribution is 0.0705. The van der Waals surface area contributed by atoms with Crippen molar-refractivity contribution in [3.63, 3.8) is 0 Å². The summed E-state index contributed by atoms with van der Waals surface area (Å²) in [6.07, 6.45) is 14.0. The van der Waals surface area contributed by atoms with Crippen LogP contribution < -0.4 is 0 Å². The Morgan fingerprint density at radius 3 is 1.11 bits per heavy atom. The summed E-state index contributed by atoms with van der Waals surface area (Å²) in [7, 11) is 0. The Morgan fingerprint density at radius 2 is 0.806 bits per heavy atom. The standard InChI is InChI=1S/C30H42O6/c1-4-25-28(34-25)10-19(1)13-31-16-22-7-23(17-32-14-20-2-5-26-29(11-20)35-26)9-24(8-22)18-33-15-21-3-6-27-30(12-21)36-27/h7-9,19-21,25-30H,1-6,10-18H2. The molecule has 6 heteroatoms. The zero-order valence-electron chi connectivity index (χ0n) is 21.5. The second-order valence-electron chi connectivity index (χ2n) is 12.4. The van der Waals surface area contributed by atoms with E-state index in [0.29, 0.717) is 74.2 Å². The first-order valence-electron chi connectivity index (χ1n) is 14.6. The van der Waals surface area contributed by atoms with Gasteiger partial charge in [-0.2, -0.15) is 0 Å². The molecule has 0 N–H and O–H groups in total. The molecule has 3 heterocycles. The van der Waals surface area contributed by atoms with Crippen molar-refractivity contribution >= 4 is 0 Å². The van der Waals surface area contributed by atoms with Crippen LogP contribution in [0.25, 0.3) is 0 Å². The topological polar surface area (TPSA) is 65.3 Å². The molecule has 0 amide bonds. The fourth-order valence-corrected chi connectivity index (χ4v) is 7.03. The molecule has 198 valence electrons. The average molecular weight is 499 g/mol. The van der Waals surface area contributed by atoms with Gasteiger partial charge in [-0.1, -0.05) is 18.2 Å². The number of benzene rings is 1. The minimum absolute atomic E-state index is 0.514. The number of ether oxygens (including phenoxy) is 6. The summed E-state index contributed by atoms with van der Waals surface area (Å²) in [5, 5.41) is 0. The highest BCUT2D eigenvalue weighted by Gasteiger charge is 2.45. The molecule has 6 aliphatic rings. The molecule has 0 aromatic heterocycles. The summed E-state index contributed by atoms with van der Waals surface area (Å²) in [4.78, 5) is 0. The molecule has 0 bridgehead atoms. The van der Waals surface area contributed by atoms with Crippen LogP contribution >= 0.6 is 0 Å². The maximum Gasteiger partial charge on any atom is 0.0845 e. The fourth-order valence-electron chi connectivity index (χ4n) is 7.03. The number of fused-ring (bicyclic) bond motifs is 3. The monoisotopic (exact) mass is 498 g/mol. The third kappa shape index (κ3) is 6.16. The van der Waals surface area contributed by atoms with Crippen LogP contribution in [0.15, 0.2) is 18.2 Å². The van der Waals surface area contributed by atoms with Gasteiger partial charge in [0.15, 0.2) is 0 Å². The smallest absolute Gasteiger partial charge is 0.0845 e. The Labute approximate surface area is 215 Å². The summed E-state index contributed by atoms with van der Waals surface area (Å²) < 4.78 is 35.7. The Kier molecular flexibility index (Phi) is 7.10. The Balaban J connectivity index is 0.916. The Morgan fingerprint density at radius 1 is 0.472 bits per heavy atom. The summed E-state index contributed by atoms with van der Waals surface area (Å²) >= 11 is 0. The Hall–Kier alpha value is -1.02. The van der Waals surface area contributed by atoms with Crippen molar-refractivity contribution < 1.29 is 28.4 Å². The highest BCUT2D eigenvalue weighted by atomic mass is 16.6. The van der Waals surface area contributed by atoms with Crippen LogP contribution in [0.2, 0.25) is 0 Å². The van der Waals surface area contributed by atoms with Crippen LogP contribution in [0.4, 0.5) is 0 Å². The van der Waals surface area contributed by atoms with Crippen molar-refractivity contribution in [1.82, 2.24) is 0 Å². The van der Waals surface area contributed by atoms with E-state index in [0.717, 1.165) is 19.8 Å². The van der Waals surface area contributed by atoms with Gasteiger partial charge in [0, 0.05) is 19.8 Å². The summed E-state index contributed by atoms with van der Waals surface area (Å²) in [5.74, 6) is 1.91. The molecule has 0 spiro atoms. The Bertz CT molecular complexity index is 779. The first-order valence-corrected chi connectivity index (χ1v) is 14.6. The minimum Gasteiger partial charge on any atom is -0.376 e. The third-order valence-electron chi connectivity index (χ3n) is 9.32. The van der Waals surface area contributed by atoms with Gasteiger partial charge in [-0.25, -0.2) is 0 Å². The predicted molar refractivity (Wildman–Crippen MR) is 133 cm³/mol. The molecule has 3 aliphatic heterocycles. The zero-order valence-corrected chi connectivity index (χ0v) is 21.5. The molecule has 6 fully saturated rings. The summed E-state index contributed by atoms with van der Waals surface area (Å²) in [6.45, 7) is 4.44. The number of hydrogen-bond acceptors (Lipinski definition) is 6. The molecular formula is C30H42O6. The summed E-state index contributed by atoms with van der Waals surface area (Å²) in [5.41, 5.74) is 3.68. The van der Waals surface area contributed by atoms with Gasteiger partial charge < -0.3 is 28.4 Å². The van der Waals surface area contributed by atoms with Gasteiger partial charge >= 0.3 is 0 Å². The van der Waals surface area contributed by atoms with Crippen LogP contribution in [-0.2, 0) is 48.2 Å². The molecule has 3 saturated carbocycles. The highest BCUT2D eigenvalue weighted by molar-refractivity contribution is 5.29. The molecular weight excluding hydrogens is 456 g/mol. The quantitative estimate of drug-likeness (QED) is 0.381. The maximum atomic E-state index is 6.20. The summed E-state index contributed by atoms with van der Waals surface area (Å²) in [6, 6.07) is 6.78. The van der Waals surface area contributed by atoms with E-state index < -0.39 is 0 Å². The van der Waals surface area contributed by atoms with Crippen LogP contribution in [-0.4, -0.2) is 56.4 Å². The SMILES string of the molecule is c1c(COCC2CCC3OC3C2)cc(COCC2CCC3OC3C2)cc1COCC1CCC2OC2C1. The average Bonchev–Trinajstić information content (AvgIpc) is 3.77. The molecule has 9 atom stereocenters. The molecule has 3 aliphatic carbocycles. The van der Waals surface area contributed by atoms with Gasteiger partial charge in [-0.05, 0) is 92.2 Å². The molecule has 0 radical (unpaired) electrons. The van der Waals surface area contributed by atoms with E-state index in [9.17, 15) is 0 Å². The number of hydrogen-bond donors (Lipinski definition) is 0. The van der Waals surface area contributed by atoms with Crippen molar-refractivity contribution in [2.75, 3.05) is 19.8 Å². The minimum atomic E-state index is 0.514. The van der Waals surface area contributed by atoms with Crippen LogP contribution in [0, 0.1) is 17.8 Å². The number of rotatable bonds is 12. The van der Waals surface area contributed by atoms with E-state index in [-0.39, 0.29) is 0 Å². The van der Waals surface area contributed by atoms with Crippen LogP contribution in [0.5, 0.6) is 0 Å². The van der Waals surface area contributed by atoms with E-state index in [1.54, 1.807) is 0 Å². The highest BCUT2D eigenvalue weighted by Crippen LogP contribution is 2.41. The lowest BCUT2D eigenvalue weighted by Crippen LogP contribution is -2.19. The van der Waals surface area contributed by atoms with E-state index in [1.807, 2.05) is 0 Å². The largest absolute Gasteiger partial charge is 0.376 e. The molecule has 36 heavy (non-hydrogen) atoms. The second-order valence-corrected chi connectivity index (χ2v) is 12.4. The van der Waals surface area contributed by atoms with E-state index in [1.165, 1.54) is 74.5 Å². The molecule has 1 aromatic rings. The second kappa shape index (κ2) is 10.6. The van der Waals surface area contributed by atoms with Gasteiger partial charge in [0.25, 0.3) is 0 Å². The van der Waals surface area contributed by atoms with E-state index in [2.05, 4.69) is 18.2 Å². The van der Waals surface area contributed by atoms with Crippen molar-refractivity contribution in [3.05, 3.63) is 34.9 Å². The molecule has 3 saturated heterocycles. The van der Waals surface area contributed by atoms with Gasteiger partial charge in [-0.15, -0.1) is 0 Å². The van der Waals surface area contributed by atoms with Crippen molar-refractivity contribution in [2.24, 2.45) is 17.8 Å². The fraction of sp³-hybridized carbons (Fsp3) is 0.800. The van der Waals surface area contributed by atoms with Crippen molar-refractivity contribution in [3.8, 4) is 0 Å². The zero-order chi connectivity index (χ0) is 23.9. The van der Waals surface area contributed by atoms with Gasteiger partial charge in [0.2, 0.25) is 0 Å². The van der Waals surface area contributed by atoms with Crippen molar-refractivity contribution in [2.45, 2.75) is 114 Å². The molecule has 7 rings (SSSR count). The normalized spacial score (nSPS) is 40.2. The first kappa shape index (κ1) is 24.1. The number of epoxide rings is 3. The van der Waals surface area contributed by atoms with E-state index >= 15 is 0 Å². The van der Waals surface area contributed by atoms with E-state index in [4.69, 9.17) is 28.4 Å². The maximum absolute atomic E-state index is 6.20. The van der Waals surface area contributed by atoms with Crippen LogP contribution in [0.1, 0.15) is 74.5 Å². The molecule has 9 unspecified atom stereocenters. The molecule has 6 nitrogen and oxygen atoms in total. The van der Waals surface area contributed by atoms with Gasteiger partial charge in [0.1, 0.15) is 0 Å². The van der Waals surface area contributed by atoms with Gasteiger partial charge in [-0.3, -0.25) is 0 Å². The van der Waals surface area contributed by atoms with Gasteiger partial charge in [0.05, 0.1) is 56.4 Å². The first-order chi connectivity index (χ1) is 17.7. The van der Waals surface area contributed by atoms with Crippen LogP contribution in [0.3, 0.4) is 0 Å². The predicted octanol–water partition coefficient (Wildman–Crippen LogP) is 4.94. The van der Waals surface area contributed by atoms with Crippen molar-refractivity contribution in [1.29, 1.82) is 0 Å². The lowest BCUT2D eigenvalue weighted by atomic mass is 9.90. The lowest BCUT2D eigenvalue weighted by Gasteiger charge is -2.20. The third-order valence-corrected chi connectivity index (χ3v) is 9.32.